The molecule has 70 valence electrons. The van der Waals surface area contributed by atoms with E-state index in [0.29, 0.717) is 5.02 Å². The number of hydrogen-bond acceptors (Lipinski definition) is 1. The van der Waals surface area contributed by atoms with Crippen LogP contribution < -0.4 is 0 Å². The van der Waals surface area contributed by atoms with Crippen LogP contribution in [-0.2, 0) is 4.79 Å². The molecular formula is C10H10BrClO. The van der Waals surface area contributed by atoms with Crippen molar-refractivity contribution in [2.24, 2.45) is 0 Å². The second-order valence-electron chi connectivity index (χ2n) is 2.94. The van der Waals surface area contributed by atoms with E-state index >= 15 is 0 Å². The van der Waals surface area contributed by atoms with Gasteiger partial charge in [-0.1, -0.05) is 39.7 Å². The minimum absolute atomic E-state index is 0.0659. The number of benzene rings is 1. The van der Waals surface area contributed by atoms with Gasteiger partial charge in [-0.25, -0.2) is 0 Å². The maximum absolute atomic E-state index is 11.1. The average Bonchev–Trinajstić information content (AvgIpc) is 2.03. The molecule has 0 saturated heterocycles. The summed E-state index contributed by atoms with van der Waals surface area (Å²) in [6, 6.07) is 5.61. The van der Waals surface area contributed by atoms with Crippen LogP contribution in [0.5, 0.6) is 0 Å². The zero-order valence-electron chi connectivity index (χ0n) is 7.47. The molecule has 0 heterocycles. The SMILES string of the molecule is CC(=O)C(Br)c1c(C)cccc1Cl. The molecule has 3 heteroatoms. The molecule has 0 aromatic heterocycles. The minimum Gasteiger partial charge on any atom is -0.298 e. The van der Waals surface area contributed by atoms with Gasteiger partial charge in [0.1, 0.15) is 5.78 Å². The Hall–Kier alpha value is -0.340. The van der Waals surface area contributed by atoms with E-state index in [2.05, 4.69) is 15.9 Å². The summed E-state index contributed by atoms with van der Waals surface area (Å²) in [7, 11) is 0. The van der Waals surface area contributed by atoms with Crippen LogP contribution in [0, 0.1) is 6.92 Å². The summed E-state index contributed by atoms with van der Waals surface area (Å²) in [5.41, 5.74) is 1.90. The molecule has 13 heavy (non-hydrogen) atoms. The van der Waals surface area contributed by atoms with Gasteiger partial charge in [-0.05, 0) is 31.0 Å². The number of rotatable bonds is 2. The number of carbonyl (C=O) groups excluding carboxylic acids is 1. The summed E-state index contributed by atoms with van der Waals surface area (Å²) in [6.45, 7) is 3.49. The van der Waals surface area contributed by atoms with Crippen LogP contribution in [0.25, 0.3) is 0 Å². The third-order valence-corrected chi connectivity index (χ3v) is 3.31. The van der Waals surface area contributed by atoms with Crippen LogP contribution in [0.1, 0.15) is 22.9 Å². The molecule has 1 aromatic carbocycles. The molecule has 0 aliphatic carbocycles. The van der Waals surface area contributed by atoms with Gasteiger partial charge in [0.2, 0.25) is 0 Å². The Morgan fingerprint density at radius 3 is 2.62 bits per heavy atom. The van der Waals surface area contributed by atoms with Crippen LogP contribution in [0.15, 0.2) is 18.2 Å². The second kappa shape index (κ2) is 4.25. The molecule has 0 N–H and O–H groups in total. The Bertz CT molecular complexity index is 315. The Kier molecular flexibility index (Phi) is 3.51. The highest BCUT2D eigenvalue weighted by Crippen LogP contribution is 2.32. The Balaban J connectivity index is 3.20. The fourth-order valence-corrected chi connectivity index (χ4v) is 2.24. The number of aryl methyl sites for hydroxylation is 1. The normalized spacial score (nSPS) is 12.6. The van der Waals surface area contributed by atoms with Crippen molar-refractivity contribution in [3.63, 3.8) is 0 Å². The Labute approximate surface area is 91.2 Å². The van der Waals surface area contributed by atoms with Gasteiger partial charge in [-0.2, -0.15) is 0 Å². The predicted octanol–water partition coefficient (Wildman–Crippen LogP) is 3.67. The summed E-state index contributed by atoms with van der Waals surface area (Å²) in [5.74, 6) is 0.0659. The van der Waals surface area contributed by atoms with Crippen molar-refractivity contribution < 1.29 is 4.79 Å². The second-order valence-corrected chi connectivity index (χ2v) is 4.27. The largest absolute Gasteiger partial charge is 0.298 e. The molecule has 1 unspecified atom stereocenters. The van der Waals surface area contributed by atoms with E-state index < -0.39 is 0 Å². The lowest BCUT2D eigenvalue weighted by atomic mass is 10.0. The van der Waals surface area contributed by atoms with Crippen molar-refractivity contribution in [2.75, 3.05) is 0 Å². The Morgan fingerprint density at radius 2 is 2.15 bits per heavy atom. The quantitative estimate of drug-likeness (QED) is 0.742. The smallest absolute Gasteiger partial charge is 0.147 e. The summed E-state index contributed by atoms with van der Waals surface area (Å²) in [5, 5.41) is 0.636. The molecule has 0 aliphatic rings. The molecule has 0 radical (unpaired) electrons. The molecule has 0 saturated carbocycles. The van der Waals surface area contributed by atoms with Gasteiger partial charge >= 0.3 is 0 Å². The molecule has 1 nitrogen and oxygen atoms in total. The van der Waals surface area contributed by atoms with Gasteiger partial charge in [0.05, 0.1) is 4.83 Å². The monoisotopic (exact) mass is 260 g/mol. The van der Waals surface area contributed by atoms with Crippen molar-refractivity contribution in [3.8, 4) is 0 Å². The van der Waals surface area contributed by atoms with Gasteiger partial charge in [-0.3, -0.25) is 4.79 Å². The minimum atomic E-state index is -0.291. The molecule has 1 rings (SSSR count). The van der Waals surface area contributed by atoms with Crippen LogP contribution in [0.3, 0.4) is 0 Å². The first-order chi connectivity index (χ1) is 6.04. The lowest BCUT2D eigenvalue weighted by Crippen LogP contribution is -2.03. The molecular weight excluding hydrogens is 251 g/mol. The van der Waals surface area contributed by atoms with Crippen molar-refractivity contribution >= 4 is 33.3 Å². The first-order valence-electron chi connectivity index (χ1n) is 3.93. The number of carbonyl (C=O) groups is 1. The topological polar surface area (TPSA) is 17.1 Å². The summed E-state index contributed by atoms with van der Waals surface area (Å²) in [6.07, 6.45) is 0. The van der Waals surface area contributed by atoms with Crippen molar-refractivity contribution in [2.45, 2.75) is 18.7 Å². The standard InChI is InChI=1S/C10H10BrClO/c1-6-4-3-5-8(12)9(6)10(11)7(2)13/h3-5,10H,1-2H3. The van der Waals surface area contributed by atoms with Crippen LogP contribution in [0.2, 0.25) is 5.02 Å². The molecule has 0 spiro atoms. The van der Waals surface area contributed by atoms with E-state index in [9.17, 15) is 4.79 Å². The first kappa shape index (κ1) is 10.7. The number of Topliss-reactive ketones (excluding diaryl/α,β-unsaturated/α-hetero) is 1. The molecule has 1 atom stereocenters. The maximum Gasteiger partial charge on any atom is 0.147 e. The molecule has 0 aliphatic heterocycles. The Morgan fingerprint density at radius 1 is 1.54 bits per heavy atom. The van der Waals surface area contributed by atoms with Crippen molar-refractivity contribution in [3.05, 3.63) is 34.3 Å². The fourth-order valence-electron chi connectivity index (χ4n) is 1.17. The van der Waals surface area contributed by atoms with Gasteiger partial charge in [0.15, 0.2) is 0 Å². The van der Waals surface area contributed by atoms with Gasteiger partial charge in [0.25, 0.3) is 0 Å². The summed E-state index contributed by atoms with van der Waals surface area (Å²) >= 11 is 9.30. The number of alkyl halides is 1. The summed E-state index contributed by atoms with van der Waals surface area (Å²) < 4.78 is 0. The van der Waals surface area contributed by atoms with Crippen LogP contribution in [0.4, 0.5) is 0 Å². The zero-order valence-corrected chi connectivity index (χ0v) is 9.82. The lowest BCUT2D eigenvalue weighted by Gasteiger charge is -2.11. The van der Waals surface area contributed by atoms with E-state index in [0.717, 1.165) is 11.1 Å². The highest BCUT2D eigenvalue weighted by molar-refractivity contribution is 9.09. The highest BCUT2D eigenvalue weighted by atomic mass is 79.9. The maximum atomic E-state index is 11.1. The molecule has 1 aromatic rings. The summed E-state index contributed by atoms with van der Waals surface area (Å²) in [4.78, 5) is 10.9. The van der Waals surface area contributed by atoms with Crippen LogP contribution in [-0.4, -0.2) is 5.78 Å². The van der Waals surface area contributed by atoms with E-state index in [1.54, 1.807) is 13.0 Å². The molecule has 0 fully saturated rings. The lowest BCUT2D eigenvalue weighted by molar-refractivity contribution is -0.116. The number of hydrogen-bond donors (Lipinski definition) is 0. The van der Waals surface area contributed by atoms with E-state index in [-0.39, 0.29) is 10.6 Å². The number of halogens is 2. The van der Waals surface area contributed by atoms with Gasteiger partial charge < -0.3 is 0 Å². The van der Waals surface area contributed by atoms with Crippen molar-refractivity contribution in [1.29, 1.82) is 0 Å². The van der Waals surface area contributed by atoms with E-state index in [1.807, 2.05) is 19.1 Å². The third kappa shape index (κ3) is 2.32. The first-order valence-corrected chi connectivity index (χ1v) is 5.23. The van der Waals surface area contributed by atoms with Gasteiger partial charge in [0, 0.05) is 5.02 Å². The number of ketones is 1. The molecule has 0 amide bonds. The average molecular weight is 262 g/mol. The van der Waals surface area contributed by atoms with Crippen molar-refractivity contribution in [1.82, 2.24) is 0 Å². The molecule has 0 bridgehead atoms. The third-order valence-electron chi connectivity index (χ3n) is 1.88. The zero-order chi connectivity index (χ0) is 10.0. The van der Waals surface area contributed by atoms with Crippen LogP contribution >= 0.6 is 27.5 Å². The van der Waals surface area contributed by atoms with Gasteiger partial charge in [-0.15, -0.1) is 0 Å². The van der Waals surface area contributed by atoms with E-state index in [4.69, 9.17) is 11.6 Å². The predicted molar refractivity (Wildman–Crippen MR) is 58.5 cm³/mol. The fraction of sp³-hybridized carbons (Fsp3) is 0.300. The van der Waals surface area contributed by atoms with E-state index in [1.165, 1.54) is 0 Å². The highest BCUT2D eigenvalue weighted by Gasteiger charge is 2.17.